The molecule has 0 saturated heterocycles. The summed E-state index contributed by atoms with van der Waals surface area (Å²) < 4.78 is 6.33. The Balaban J connectivity index is 1.25. The van der Waals surface area contributed by atoms with Gasteiger partial charge in [-0.05, 0) is 33.9 Å². The molecule has 0 bridgehead atoms. The van der Waals surface area contributed by atoms with Crippen molar-refractivity contribution in [3.63, 3.8) is 0 Å². The van der Waals surface area contributed by atoms with Crippen molar-refractivity contribution in [2.75, 3.05) is 0 Å². The van der Waals surface area contributed by atoms with Gasteiger partial charge in [0.1, 0.15) is 81.8 Å². The maximum atomic E-state index is 6.81. The number of benzene rings is 7. The molecule has 0 aliphatic heterocycles. The topological polar surface area (TPSA) is 51.8 Å². The molecule has 9 rings (SSSR count). The van der Waals surface area contributed by atoms with E-state index in [9.17, 15) is 0 Å². The second kappa shape index (κ2) is 14.7. The average molecular weight is 716 g/mol. The third kappa shape index (κ3) is 6.19. The average Bonchev–Trinajstić information content (AvgIpc) is 3.65. The first-order valence-corrected chi connectivity index (χ1v) is 18.2. The zero-order chi connectivity index (χ0) is 40.4. The van der Waals surface area contributed by atoms with Gasteiger partial charge in [-0.1, -0.05) is 137 Å². The molecule has 13 heteroatoms. The molecule has 4 nitrogen and oxygen atoms in total. The van der Waals surface area contributed by atoms with E-state index in [1.807, 2.05) is 109 Å². The van der Waals surface area contributed by atoms with E-state index in [-0.39, 0.29) is 71.7 Å². The predicted molar refractivity (Wildman–Crippen MR) is 248 cm³/mol. The molecule has 0 amide bonds. The molecule has 0 aliphatic rings. The van der Waals surface area contributed by atoms with Crippen LogP contribution in [0.15, 0.2) is 126 Å². The molecular weight excluding hydrogens is 696 g/mol. The van der Waals surface area contributed by atoms with E-state index in [1.165, 1.54) is 0 Å². The van der Waals surface area contributed by atoms with Gasteiger partial charge in [-0.25, -0.2) is 15.0 Å². The number of furan rings is 1. The van der Waals surface area contributed by atoms with E-state index in [4.69, 9.17) is 90.0 Å². The SMILES string of the molecule is [B]c1c([B])c([B])c(-c2c([B])c([B])c([B])c([B])c2-c2nc(-c3ccc(-c4ccccc4)cc3)nc(-c3ccc(-c4cccc5c4oc4ccccc45)cc3)n2)c([B])c1[B]. The Bertz CT molecular complexity index is 3070. The number of aromatic nitrogens is 3. The first kappa shape index (κ1) is 37.5. The van der Waals surface area contributed by atoms with Crippen molar-refractivity contribution in [3.8, 4) is 67.5 Å². The molecule has 9 aromatic rings. The van der Waals surface area contributed by atoms with E-state index >= 15 is 0 Å². The van der Waals surface area contributed by atoms with E-state index in [1.54, 1.807) is 0 Å². The van der Waals surface area contributed by atoms with Crippen molar-refractivity contribution in [2.45, 2.75) is 0 Å². The summed E-state index contributed by atoms with van der Waals surface area (Å²) >= 11 is 0. The Labute approximate surface area is 348 Å². The van der Waals surface area contributed by atoms with Crippen LogP contribution >= 0.6 is 0 Å². The number of para-hydroxylation sites is 2. The molecule has 58 heavy (non-hydrogen) atoms. The summed E-state index contributed by atoms with van der Waals surface area (Å²) in [6, 6.07) is 39.9. The van der Waals surface area contributed by atoms with Crippen LogP contribution in [-0.4, -0.2) is 85.6 Å². The highest BCUT2D eigenvalue weighted by Gasteiger charge is 2.24. The van der Waals surface area contributed by atoms with E-state index in [2.05, 4.69) is 12.1 Å². The van der Waals surface area contributed by atoms with Crippen molar-refractivity contribution >= 4 is 142 Å². The minimum atomic E-state index is 0.00471. The standard InChI is InChI=1S/C45H20B9N3O/c46-33-30(31-34(47)38(51)41(54)39(52)35(31)48)32(36(49)40(53)37(33)50)45-56-43(24-17-13-22(14-18-24)21-7-2-1-3-8-21)55-44(57-45)25-19-15-23(16-20-25)26-10-6-11-28-27-9-4-5-12-29(27)58-42(26)28/h1-20H. The van der Waals surface area contributed by atoms with Crippen LogP contribution in [0.1, 0.15) is 0 Å². The van der Waals surface area contributed by atoms with Gasteiger partial charge in [0.15, 0.2) is 17.5 Å². The van der Waals surface area contributed by atoms with Crippen LogP contribution in [0.4, 0.5) is 0 Å². The summed E-state index contributed by atoms with van der Waals surface area (Å²) in [6.45, 7) is 0. The van der Waals surface area contributed by atoms with Crippen molar-refractivity contribution < 1.29 is 4.42 Å². The molecule has 0 aliphatic carbocycles. The first-order chi connectivity index (χ1) is 28.0. The van der Waals surface area contributed by atoms with Gasteiger partial charge in [-0.2, -0.15) is 0 Å². The molecule has 0 atom stereocenters. The van der Waals surface area contributed by atoms with Gasteiger partial charge in [-0.3, -0.25) is 0 Å². The Morgan fingerprint density at radius 3 is 1.34 bits per heavy atom. The number of fused-ring (bicyclic) bond motifs is 3. The molecule has 2 aromatic heterocycles. The highest BCUT2D eigenvalue weighted by atomic mass is 16.3. The second-order valence-corrected chi connectivity index (χ2v) is 14.0. The van der Waals surface area contributed by atoms with Gasteiger partial charge in [-0.15, -0.1) is 27.3 Å². The molecule has 0 spiro atoms. The lowest BCUT2D eigenvalue weighted by molar-refractivity contribution is 0.670. The summed E-state index contributed by atoms with van der Waals surface area (Å²) in [6.07, 6.45) is 0. The number of nitrogens with zero attached hydrogens (tertiary/aromatic N) is 3. The van der Waals surface area contributed by atoms with Crippen LogP contribution in [0.3, 0.4) is 0 Å². The normalized spacial score (nSPS) is 11.4. The number of hydrogen-bond donors (Lipinski definition) is 0. The van der Waals surface area contributed by atoms with Crippen LogP contribution in [0.25, 0.3) is 89.5 Å². The van der Waals surface area contributed by atoms with E-state index < -0.39 is 0 Å². The van der Waals surface area contributed by atoms with Gasteiger partial charge >= 0.3 is 0 Å². The Hall–Kier alpha value is -6.07. The Morgan fingerprint density at radius 1 is 0.310 bits per heavy atom. The third-order valence-corrected chi connectivity index (χ3v) is 10.6. The number of hydrogen-bond acceptors (Lipinski definition) is 4. The minimum absolute atomic E-state index is 0.00471. The minimum Gasteiger partial charge on any atom is -0.455 e. The summed E-state index contributed by atoms with van der Waals surface area (Å²) in [5, 5.41) is 2.08. The quantitative estimate of drug-likeness (QED) is 0.241. The zero-order valence-corrected chi connectivity index (χ0v) is 31.0. The molecule has 248 valence electrons. The Morgan fingerprint density at radius 2 is 0.741 bits per heavy atom. The molecule has 0 N–H and O–H groups in total. The monoisotopic (exact) mass is 717 g/mol. The summed E-state index contributed by atoms with van der Waals surface area (Å²) in [4.78, 5) is 14.9. The van der Waals surface area contributed by atoms with Crippen LogP contribution in [0.2, 0.25) is 0 Å². The lowest BCUT2D eigenvalue weighted by Gasteiger charge is -2.28. The van der Waals surface area contributed by atoms with Crippen LogP contribution < -0.4 is 49.2 Å². The predicted octanol–water partition coefficient (Wildman–Crippen LogP) is 0.917. The highest BCUT2D eigenvalue weighted by Crippen LogP contribution is 2.37. The summed E-state index contributed by atoms with van der Waals surface area (Å²) in [5.41, 5.74) is 7.66. The third-order valence-electron chi connectivity index (χ3n) is 10.6. The fourth-order valence-corrected chi connectivity index (χ4v) is 7.40. The molecular formula is C45H20B9N3O. The fourth-order valence-electron chi connectivity index (χ4n) is 7.40. The van der Waals surface area contributed by atoms with Gasteiger partial charge in [0.05, 0.1) is 0 Å². The van der Waals surface area contributed by atoms with Gasteiger partial charge in [0.25, 0.3) is 0 Å². The molecule has 0 saturated carbocycles. The largest absolute Gasteiger partial charge is 0.455 e. The van der Waals surface area contributed by atoms with Crippen molar-refractivity contribution in [1.82, 2.24) is 15.0 Å². The molecule has 0 unspecified atom stereocenters. The van der Waals surface area contributed by atoms with Gasteiger partial charge in [0, 0.05) is 33.0 Å². The second-order valence-electron chi connectivity index (χ2n) is 14.0. The summed E-state index contributed by atoms with van der Waals surface area (Å²) in [7, 11) is 58.5. The smallest absolute Gasteiger partial charge is 0.164 e. The molecule has 2 heterocycles. The number of rotatable bonds is 6. The molecule has 0 fully saturated rings. The zero-order valence-electron chi connectivity index (χ0n) is 31.0. The highest BCUT2D eigenvalue weighted by molar-refractivity contribution is 6.70. The fraction of sp³-hybridized carbons (Fsp3) is 0. The van der Waals surface area contributed by atoms with Crippen LogP contribution in [0.5, 0.6) is 0 Å². The van der Waals surface area contributed by atoms with Crippen molar-refractivity contribution in [3.05, 3.63) is 121 Å². The van der Waals surface area contributed by atoms with Gasteiger partial charge < -0.3 is 4.42 Å². The molecule has 18 radical (unpaired) electrons. The first-order valence-electron chi connectivity index (χ1n) is 18.2. The van der Waals surface area contributed by atoms with Crippen molar-refractivity contribution in [2.24, 2.45) is 0 Å². The lowest BCUT2D eigenvalue weighted by Crippen LogP contribution is -2.56. The van der Waals surface area contributed by atoms with E-state index in [0.29, 0.717) is 22.8 Å². The maximum Gasteiger partial charge on any atom is 0.164 e. The summed E-state index contributed by atoms with van der Waals surface area (Å²) in [5.74, 6) is 0.784. The molecule has 7 aromatic carbocycles. The van der Waals surface area contributed by atoms with Gasteiger partial charge in [0.2, 0.25) is 0 Å². The van der Waals surface area contributed by atoms with Crippen molar-refractivity contribution in [1.29, 1.82) is 0 Å². The van der Waals surface area contributed by atoms with E-state index in [0.717, 1.165) is 44.2 Å². The Kier molecular flexibility index (Phi) is 9.51. The van der Waals surface area contributed by atoms with Crippen LogP contribution in [-0.2, 0) is 0 Å². The van der Waals surface area contributed by atoms with Crippen LogP contribution in [0, 0.1) is 0 Å². The lowest BCUT2D eigenvalue weighted by atomic mass is 9.56. The maximum absolute atomic E-state index is 6.81.